The second-order valence-electron chi connectivity index (χ2n) is 4.38. The van der Waals surface area contributed by atoms with Gasteiger partial charge in [-0.05, 0) is 6.92 Å². The van der Waals surface area contributed by atoms with Crippen LogP contribution in [0, 0.1) is 5.92 Å². The van der Waals surface area contributed by atoms with E-state index in [9.17, 15) is 0 Å². The van der Waals surface area contributed by atoms with Gasteiger partial charge >= 0.3 is 0 Å². The standard InChI is InChI=1S/C10H20N2OS/c1-8-7-14-3-2-12(8)4-9-5-13-6-10(9)11/h8-10H,2-7,11H2,1H3. The summed E-state index contributed by atoms with van der Waals surface area (Å²) in [6.07, 6.45) is 0. The lowest BCUT2D eigenvalue weighted by Gasteiger charge is -2.35. The predicted molar refractivity (Wildman–Crippen MR) is 60.6 cm³/mol. The minimum Gasteiger partial charge on any atom is -0.379 e. The second-order valence-corrected chi connectivity index (χ2v) is 5.53. The topological polar surface area (TPSA) is 38.5 Å². The molecule has 82 valence electrons. The number of hydrogen-bond donors (Lipinski definition) is 1. The van der Waals surface area contributed by atoms with Gasteiger partial charge in [0.1, 0.15) is 0 Å². The molecule has 3 atom stereocenters. The van der Waals surface area contributed by atoms with Gasteiger partial charge < -0.3 is 10.5 Å². The predicted octanol–water partition coefficient (Wildman–Crippen LogP) is 0.397. The molecule has 0 aromatic rings. The van der Waals surface area contributed by atoms with E-state index in [4.69, 9.17) is 10.5 Å². The maximum Gasteiger partial charge on any atom is 0.0621 e. The largest absolute Gasteiger partial charge is 0.379 e. The first-order valence-electron chi connectivity index (χ1n) is 5.42. The number of nitrogens with zero attached hydrogens (tertiary/aromatic N) is 1. The Morgan fingerprint density at radius 2 is 2.36 bits per heavy atom. The number of ether oxygens (including phenoxy) is 1. The maximum absolute atomic E-state index is 5.98. The fraction of sp³-hybridized carbons (Fsp3) is 1.00. The monoisotopic (exact) mass is 216 g/mol. The molecule has 2 fully saturated rings. The molecule has 0 spiro atoms. The quantitative estimate of drug-likeness (QED) is 0.725. The molecule has 4 heteroatoms. The van der Waals surface area contributed by atoms with Gasteiger partial charge in [-0.3, -0.25) is 4.90 Å². The summed E-state index contributed by atoms with van der Waals surface area (Å²) in [7, 11) is 0. The van der Waals surface area contributed by atoms with E-state index in [0.29, 0.717) is 12.0 Å². The van der Waals surface area contributed by atoms with Crippen molar-refractivity contribution in [2.24, 2.45) is 11.7 Å². The van der Waals surface area contributed by atoms with Crippen molar-refractivity contribution in [1.29, 1.82) is 0 Å². The summed E-state index contributed by atoms with van der Waals surface area (Å²) in [6.45, 7) is 6.27. The Balaban J connectivity index is 1.83. The fourth-order valence-corrected chi connectivity index (χ4v) is 3.22. The second kappa shape index (κ2) is 4.84. The molecule has 2 aliphatic heterocycles. The Morgan fingerprint density at radius 3 is 3.00 bits per heavy atom. The van der Waals surface area contributed by atoms with Crippen molar-refractivity contribution >= 4 is 11.8 Å². The lowest BCUT2D eigenvalue weighted by molar-refractivity contribution is 0.156. The van der Waals surface area contributed by atoms with Crippen LogP contribution < -0.4 is 5.73 Å². The summed E-state index contributed by atoms with van der Waals surface area (Å²) < 4.78 is 5.39. The maximum atomic E-state index is 5.98. The van der Waals surface area contributed by atoms with Crippen LogP contribution in [-0.2, 0) is 4.74 Å². The van der Waals surface area contributed by atoms with E-state index in [-0.39, 0.29) is 6.04 Å². The van der Waals surface area contributed by atoms with Gasteiger partial charge in [-0.2, -0.15) is 11.8 Å². The molecule has 14 heavy (non-hydrogen) atoms. The molecule has 3 nitrogen and oxygen atoms in total. The van der Waals surface area contributed by atoms with Gasteiger partial charge in [-0.25, -0.2) is 0 Å². The summed E-state index contributed by atoms with van der Waals surface area (Å²) in [4.78, 5) is 2.57. The molecular formula is C10H20N2OS. The van der Waals surface area contributed by atoms with Gasteiger partial charge in [0.2, 0.25) is 0 Å². The van der Waals surface area contributed by atoms with Crippen molar-refractivity contribution < 1.29 is 4.74 Å². The average Bonchev–Trinajstić information content (AvgIpc) is 2.56. The van der Waals surface area contributed by atoms with Crippen LogP contribution in [0.25, 0.3) is 0 Å². The first kappa shape index (κ1) is 10.7. The zero-order chi connectivity index (χ0) is 9.97. The number of thioether (sulfide) groups is 1. The minimum absolute atomic E-state index is 0.261. The van der Waals surface area contributed by atoms with Crippen LogP contribution in [0.5, 0.6) is 0 Å². The van der Waals surface area contributed by atoms with Crippen LogP contribution in [0.3, 0.4) is 0 Å². The third kappa shape index (κ3) is 2.42. The Kier molecular flexibility index (Phi) is 3.71. The molecule has 0 aromatic carbocycles. The zero-order valence-corrected chi connectivity index (χ0v) is 9.63. The Hall–Kier alpha value is 0.230. The summed E-state index contributed by atoms with van der Waals surface area (Å²) in [5.74, 6) is 3.09. The highest BCUT2D eigenvalue weighted by molar-refractivity contribution is 7.99. The molecule has 0 saturated carbocycles. The van der Waals surface area contributed by atoms with Crippen LogP contribution >= 0.6 is 11.8 Å². The lowest BCUT2D eigenvalue weighted by Crippen LogP contribution is -2.46. The van der Waals surface area contributed by atoms with E-state index < -0.39 is 0 Å². The summed E-state index contributed by atoms with van der Waals surface area (Å²) in [5.41, 5.74) is 5.98. The van der Waals surface area contributed by atoms with Crippen molar-refractivity contribution in [1.82, 2.24) is 4.90 Å². The Labute approximate surface area is 90.3 Å². The molecular weight excluding hydrogens is 196 g/mol. The average molecular weight is 216 g/mol. The first-order valence-corrected chi connectivity index (χ1v) is 6.58. The van der Waals surface area contributed by atoms with Crippen LogP contribution in [0.2, 0.25) is 0 Å². The molecule has 2 aliphatic rings. The van der Waals surface area contributed by atoms with Gasteiger partial charge in [0.05, 0.1) is 13.2 Å². The van der Waals surface area contributed by atoms with Gasteiger partial charge in [-0.15, -0.1) is 0 Å². The van der Waals surface area contributed by atoms with Gasteiger partial charge in [0.25, 0.3) is 0 Å². The van der Waals surface area contributed by atoms with E-state index in [1.807, 2.05) is 0 Å². The normalized spacial score (nSPS) is 40.3. The van der Waals surface area contributed by atoms with Crippen molar-refractivity contribution in [3.63, 3.8) is 0 Å². The Morgan fingerprint density at radius 1 is 1.50 bits per heavy atom. The smallest absolute Gasteiger partial charge is 0.0621 e. The lowest BCUT2D eigenvalue weighted by atomic mass is 10.0. The third-order valence-corrected chi connectivity index (χ3v) is 4.41. The summed E-state index contributed by atoms with van der Waals surface area (Å²) >= 11 is 2.06. The van der Waals surface area contributed by atoms with Crippen LogP contribution in [0.15, 0.2) is 0 Å². The number of rotatable bonds is 2. The Bertz CT molecular complexity index is 191. The molecule has 2 saturated heterocycles. The van der Waals surface area contributed by atoms with Crippen LogP contribution in [-0.4, -0.2) is 54.8 Å². The van der Waals surface area contributed by atoms with E-state index >= 15 is 0 Å². The van der Waals surface area contributed by atoms with Crippen molar-refractivity contribution in [3.05, 3.63) is 0 Å². The number of nitrogens with two attached hydrogens (primary N) is 1. The van der Waals surface area contributed by atoms with Crippen LogP contribution in [0.4, 0.5) is 0 Å². The van der Waals surface area contributed by atoms with Crippen molar-refractivity contribution in [2.75, 3.05) is 37.8 Å². The molecule has 3 unspecified atom stereocenters. The minimum atomic E-state index is 0.261. The fourth-order valence-electron chi connectivity index (χ4n) is 2.14. The van der Waals surface area contributed by atoms with E-state index in [0.717, 1.165) is 19.8 Å². The van der Waals surface area contributed by atoms with Gasteiger partial charge in [0, 0.05) is 42.6 Å². The highest BCUT2D eigenvalue weighted by Gasteiger charge is 2.29. The molecule has 2 heterocycles. The molecule has 0 amide bonds. The number of hydrogen-bond acceptors (Lipinski definition) is 4. The molecule has 0 aromatic heterocycles. The van der Waals surface area contributed by atoms with E-state index in [1.54, 1.807) is 0 Å². The zero-order valence-electron chi connectivity index (χ0n) is 8.82. The summed E-state index contributed by atoms with van der Waals surface area (Å²) in [5, 5.41) is 0. The van der Waals surface area contributed by atoms with Crippen molar-refractivity contribution in [2.45, 2.75) is 19.0 Å². The molecule has 2 rings (SSSR count). The van der Waals surface area contributed by atoms with E-state index in [2.05, 4.69) is 23.6 Å². The molecule has 0 aliphatic carbocycles. The van der Waals surface area contributed by atoms with Gasteiger partial charge in [0.15, 0.2) is 0 Å². The highest BCUT2D eigenvalue weighted by Crippen LogP contribution is 2.20. The molecule has 0 radical (unpaired) electrons. The third-order valence-electron chi connectivity index (χ3n) is 3.22. The first-order chi connectivity index (χ1) is 6.77. The molecule has 0 bridgehead atoms. The SMILES string of the molecule is CC1CSCCN1CC1COCC1N. The van der Waals surface area contributed by atoms with Crippen LogP contribution in [0.1, 0.15) is 6.92 Å². The summed E-state index contributed by atoms with van der Waals surface area (Å²) in [6, 6.07) is 0.971. The highest BCUT2D eigenvalue weighted by atomic mass is 32.2. The molecule has 2 N–H and O–H groups in total. The van der Waals surface area contributed by atoms with Crippen molar-refractivity contribution in [3.8, 4) is 0 Å². The van der Waals surface area contributed by atoms with E-state index in [1.165, 1.54) is 18.1 Å². The van der Waals surface area contributed by atoms with Gasteiger partial charge in [-0.1, -0.05) is 0 Å².